The first kappa shape index (κ1) is 17.5. The molecule has 0 bridgehead atoms. The zero-order valence-electron chi connectivity index (χ0n) is 13.9. The SMILES string of the molecule is COc1nccn2c(=O)n(CC(=O)N[C@@H](C)c3ccc(F)c(F)c3)nc12. The normalized spacial score (nSPS) is 12.2. The van der Waals surface area contributed by atoms with Crippen LogP contribution in [-0.2, 0) is 11.3 Å². The minimum atomic E-state index is -1.00. The quantitative estimate of drug-likeness (QED) is 0.732. The molecule has 0 saturated heterocycles. The summed E-state index contributed by atoms with van der Waals surface area (Å²) in [6.07, 6.45) is 2.79. The fraction of sp³-hybridized carbons (Fsp3) is 0.250. The molecule has 3 aromatic rings. The van der Waals surface area contributed by atoms with Gasteiger partial charge in [0.1, 0.15) is 6.54 Å². The van der Waals surface area contributed by atoms with E-state index < -0.39 is 29.3 Å². The van der Waals surface area contributed by atoms with E-state index in [1.54, 1.807) is 6.92 Å². The van der Waals surface area contributed by atoms with Crippen LogP contribution in [0.25, 0.3) is 5.65 Å². The number of methoxy groups -OCH3 is 1. The number of hydrogen-bond acceptors (Lipinski definition) is 5. The summed E-state index contributed by atoms with van der Waals surface area (Å²) in [5, 5.41) is 6.65. The third-order valence-electron chi connectivity index (χ3n) is 3.78. The van der Waals surface area contributed by atoms with Gasteiger partial charge in [-0.3, -0.25) is 4.79 Å². The summed E-state index contributed by atoms with van der Waals surface area (Å²) in [5.74, 6) is -2.33. The smallest absolute Gasteiger partial charge is 0.351 e. The van der Waals surface area contributed by atoms with E-state index >= 15 is 0 Å². The topological polar surface area (TPSA) is 90.5 Å². The van der Waals surface area contributed by atoms with Gasteiger partial charge in [0.2, 0.25) is 11.6 Å². The van der Waals surface area contributed by atoms with Crippen LogP contribution in [0.3, 0.4) is 0 Å². The van der Waals surface area contributed by atoms with Crippen molar-refractivity contribution in [2.75, 3.05) is 7.11 Å². The van der Waals surface area contributed by atoms with Gasteiger partial charge < -0.3 is 10.1 Å². The van der Waals surface area contributed by atoms with E-state index in [1.807, 2.05) is 0 Å². The summed E-state index contributed by atoms with van der Waals surface area (Å²) in [6, 6.07) is 2.78. The van der Waals surface area contributed by atoms with Crippen molar-refractivity contribution in [1.82, 2.24) is 24.5 Å². The Kier molecular flexibility index (Phi) is 4.65. The fourth-order valence-electron chi connectivity index (χ4n) is 2.46. The van der Waals surface area contributed by atoms with E-state index in [-0.39, 0.29) is 18.1 Å². The highest BCUT2D eigenvalue weighted by atomic mass is 19.2. The Morgan fingerprint density at radius 3 is 2.81 bits per heavy atom. The van der Waals surface area contributed by atoms with Crippen molar-refractivity contribution in [2.24, 2.45) is 0 Å². The second-order valence-corrected chi connectivity index (χ2v) is 5.53. The first-order valence-electron chi connectivity index (χ1n) is 7.63. The monoisotopic (exact) mass is 363 g/mol. The number of nitrogens with zero attached hydrogens (tertiary/aromatic N) is 4. The summed E-state index contributed by atoms with van der Waals surface area (Å²) in [5.41, 5.74) is 0.0447. The molecular weight excluding hydrogens is 348 g/mol. The van der Waals surface area contributed by atoms with Gasteiger partial charge in [-0.15, -0.1) is 5.10 Å². The van der Waals surface area contributed by atoms with E-state index in [4.69, 9.17) is 4.74 Å². The predicted octanol–water partition coefficient (Wildman–Crippen LogP) is 1.06. The van der Waals surface area contributed by atoms with Gasteiger partial charge >= 0.3 is 5.69 Å². The zero-order valence-corrected chi connectivity index (χ0v) is 13.9. The van der Waals surface area contributed by atoms with Crippen LogP contribution in [0.1, 0.15) is 18.5 Å². The molecule has 1 amide bonds. The van der Waals surface area contributed by atoms with Crippen molar-refractivity contribution in [3.8, 4) is 5.88 Å². The first-order valence-corrected chi connectivity index (χ1v) is 7.63. The summed E-state index contributed by atoms with van der Waals surface area (Å²) < 4.78 is 33.5. The summed E-state index contributed by atoms with van der Waals surface area (Å²) in [7, 11) is 1.39. The van der Waals surface area contributed by atoms with Crippen molar-refractivity contribution in [1.29, 1.82) is 0 Å². The van der Waals surface area contributed by atoms with E-state index in [0.717, 1.165) is 16.8 Å². The minimum Gasteiger partial charge on any atom is -0.478 e. The number of hydrogen-bond donors (Lipinski definition) is 1. The highest BCUT2D eigenvalue weighted by Crippen LogP contribution is 2.16. The van der Waals surface area contributed by atoms with E-state index in [1.165, 1.54) is 30.0 Å². The molecule has 0 saturated carbocycles. The molecule has 26 heavy (non-hydrogen) atoms. The van der Waals surface area contributed by atoms with Gasteiger partial charge in [0.05, 0.1) is 13.2 Å². The molecule has 0 aliphatic heterocycles. The predicted molar refractivity (Wildman–Crippen MR) is 86.7 cm³/mol. The van der Waals surface area contributed by atoms with Crippen LogP contribution >= 0.6 is 0 Å². The molecule has 0 aliphatic carbocycles. The number of nitrogens with one attached hydrogen (secondary N) is 1. The molecule has 2 heterocycles. The molecule has 0 fully saturated rings. The van der Waals surface area contributed by atoms with Crippen LogP contribution < -0.4 is 15.7 Å². The number of aromatic nitrogens is 4. The van der Waals surface area contributed by atoms with Crippen molar-refractivity contribution >= 4 is 11.6 Å². The fourth-order valence-corrected chi connectivity index (χ4v) is 2.46. The Hall–Kier alpha value is -3.30. The number of ether oxygens (including phenoxy) is 1. The number of carbonyl (C=O) groups is 1. The maximum absolute atomic E-state index is 13.3. The lowest BCUT2D eigenvalue weighted by atomic mass is 10.1. The number of carbonyl (C=O) groups excluding carboxylic acids is 1. The Morgan fingerprint density at radius 2 is 2.12 bits per heavy atom. The molecule has 0 radical (unpaired) electrons. The van der Waals surface area contributed by atoms with Gasteiger partial charge in [0.25, 0.3) is 5.88 Å². The molecule has 0 aliphatic rings. The van der Waals surface area contributed by atoms with Crippen molar-refractivity contribution in [3.05, 3.63) is 58.3 Å². The van der Waals surface area contributed by atoms with Gasteiger partial charge in [-0.1, -0.05) is 6.07 Å². The van der Waals surface area contributed by atoms with Crippen LogP contribution in [0.15, 0.2) is 35.4 Å². The third kappa shape index (κ3) is 3.25. The molecule has 0 spiro atoms. The van der Waals surface area contributed by atoms with E-state index in [9.17, 15) is 18.4 Å². The lowest BCUT2D eigenvalue weighted by Gasteiger charge is -2.14. The minimum absolute atomic E-state index is 0.152. The molecule has 136 valence electrons. The summed E-state index contributed by atoms with van der Waals surface area (Å²) in [4.78, 5) is 28.4. The average molecular weight is 363 g/mol. The lowest BCUT2D eigenvalue weighted by molar-refractivity contribution is -0.122. The molecule has 1 N–H and O–H groups in total. The molecule has 2 aromatic heterocycles. The summed E-state index contributed by atoms with van der Waals surface area (Å²) >= 11 is 0. The van der Waals surface area contributed by atoms with Crippen LogP contribution in [0.4, 0.5) is 8.78 Å². The average Bonchev–Trinajstić information content (AvgIpc) is 2.93. The van der Waals surface area contributed by atoms with E-state index in [0.29, 0.717) is 5.56 Å². The largest absolute Gasteiger partial charge is 0.478 e. The van der Waals surface area contributed by atoms with Crippen molar-refractivity contribution in [2.45, 2.75) is 19.5 Å². The molecular formula is C16H15F2N5O3. The van der Waals surface area contributed by atoms with E-state index in [2.05, 4.69) is 15.4 Å². The Morgan fingerprint density at radius 1 is 1.35 bits per heavy atom. The number of fused-ring (bicyclic) bond motifs is 1. The molecule has 3 rings (SSSR count). The van der Waals surface area contributed by atoms with Crippen LogP contribution in [-0.4, -0.2) is 32.2 Å². The second kappa shape index (κ2) is 6.90. The highest BCUT2D eigenvalue weighted by molar-refractivity contribution is 5.76. The number of halogens is 2. The molecule has 0 unspecified atom stereocenters. The van der Waals surface area contributed by atoms with Gasteiger partial charge in [-0.25, -0.2) is 27.6 Å². The van der Waals surface area contributed by atoms with Crippen molar-refractivity contribution in [3.63, 3.8) is 0 Å². The molecule has 1 aromatic carbocycles. The molecule has 10 heteroatoms. The van der Waals surface area contributed by atoms with Gasteiger partial charge in [0.15, 0.2) is 11.6 Å². The second-order valence-electron chi connectivity index (χ2n) is 5.53. The van der Waals surface area contributed by atoms with Crippen LogP contribution in [0, 0.1) is 11.6 Å². The van der Waals surface area contributed by atoms with Gasteiger partial charge in [-0.05, 0) is 24.6 Å². The molecule has 8 nitrogen and oxygen atoms in total. The Labute approximate surface area is 146 Å². The Balaban J connectivity index is 1.77. The maximum Gasteiger partial charge on any atom is 0.351 e. The van der Waals surface area contributed by atoms with Gasteiger partial charge in [0, 0.05) is 12.4 Å². The van der Waals surface area contributed by atoms with Crippen LogP contribution in [0.5, 0.6) is 5.88 Å². The highest BCUT2D eigenvalue weighted by Gasteiger charge is 2.16. The third-order valence-corrected chi connectivity index (χ3v) is 3.78. The standard InChI is InChI=1S/C16H15F2N5O3/c1-9(10-3-4-11(17)12(18)7-10)20-13(24)8-23-16(25)22-6-5-19-15(26-2)14(22)21-23/h3-7,9H,8H2,1-2H3,(H,20,24)/t9-/m0/s1. The lowest BCUT2D eigenvalue weighted by Crippen LogP contribution is -2.34. The number of rotatable bonds is 5. The van der Waals surface area contributed by atoms with Gasteiger partial charge in [-0.2, -0.15) is 0 Å². The van der Waals surface area contributed by atoms with Crippen LogP contribution in [0.2, 0.25) is 0 Å². The number of amides is 1. The summed E-state index contributed by atoms with van der Waals surface area (Å²) in [6.45, 7) is 1.27. The zero-order chi connectivity index (χ0) is 18.8. The Bertz CT molecular complexity index is 1030. The molecule has 1 atom stereocenters. The first-order chi connectivity index (χ1) is 12.4. The number of benzene rings is 1. The van der Waals surface area contributed by atoms with Crippen molar-refractivity contribution < 1.29 is 18.3 Å². The maximum atomic E-state index is 13.3.